The number of carbonyl (C=O) groups is 1. The van der Waals surface area contributed by atoms with Gasteiger partial charge in [-0.3, -0.25) is 4.79 Å². The van der Waals surface area contributed by atoms with E-state index in [0.717, 1.165) is 0 Å². The fourth-order valence-electron chi connectivity index (χ4n) is 1.35. The summed E-state index contributed by atoms with van der Waals surface area (Å²) in [7, 11) is 0. The van der Waals surface area contributed by atoms with Crippen LogP contribution in [-0.2, 0) is 28.5 Å². The highest BCUT2D eigenvalue weighted by Gasteiger charge is 1.94. The molecule has 0 bridgehead atoms. The molecule has 0 aromatic carbocycles. The van der Waals surface area contributed by atoms with Gasteiger partial charge in [-0.1, -0.05) is 13.8 Å². The lowest BCUT2D eigenvalue weighted by Gasteiger charge is -2.08. The van der Waals surface area contributed by atoms with Crippen LogP contribution in [0.4, 0.5) is 0 Å². The molecule has 0 spiro atoms. The number of amides is 1. The maximum atomic E-state index is 10.6. The number of carbonyl (C=O) groups excluding carboxylic acids is 1. The van der Waals surface area contributed by atoms with Crippen LogP contribution in [-0.4, -0.2) is 90.2 Å². The second-order valence-corrected chi connectivity index (χ2v) is 4.27. The Morgan fingerprint density at radius 1 is 0.708 bits per heavy atom. The molecule has 0 aliphatic carbocycles. The van der Waals surface area contributed by atoms with Gasteiger partial charge in [0.2, 0.25) is 5.91 Å². The van der Waals surface area contributed by atoms with Crippen molar-refractivity contribution in [1.29, 1.82) is 0 Å². The number of ether oxygens (including phenoxy) is 5. The predicted molar refractivity (Wildman–Crippen MR) is 91.2 cm³/mol. The number of rotatable bonds is 17. The highest BCUT2D eigenvalue weighted by molar-refractivity contribution is 5.72. The van der Waals surface area contributed by atoms with Crippen molar-refractivity contribution in [2.75, 3.05) is 79.2 Å². The zero-order valence-electron chi connectivity index (χ0n) is 15.4. The van der Waals surface area contributed by atoms with Crippen LogP contribution in [0.2, 0.25) is 0 Å². The summed E-state index contributed by atoms with van der Waals surface area (Å²) in [5.74, 6) is -0.0568. The number of hydrogen-bond acceptors (Lipinski definition) is 7. The second kappa shape index (κ2) is 24.5. The molecule has 0 radical (unpaired) electrons. The number of hydrogen-bond donors (Lipinski definition) is 2. The minimum atomic E-state index is -0.0568. The van der Waals surface area contributed by atoms with Gasteiger partial charge in [-0.15, -0.1) is 0 Å². The molecular formula is C16H35NO7. The summed E-state index contributed by atoms with van der Waals surface area (Å²) in [5, 5.41) is 11.1. The van der Waals surface area contributed by atoms with Crippen LogP contribution < -0.4 is 5.32 Å². The third kappa shape index (κ3) is 26.1. The van der Waals surface area contributed by atoms with E-state index in [0.29, 0.717) is 72.6 Å². The van der Waals surface area contributed by atoms with Gasteiger partial charge in [0.05, 0.1) is 72.7 Å². The second-order valence-electron chi connectivity index (χ2n) is 4.27. The van der Waals surface area contributed by atoms with Crippen LogP contribution in [0.5, 0.6) is 0 Å². The van der Waals surface area contributed by atoms with Gasteiger partial charge in [0.15, 0.2) is 0 Å². The van der Waals surface area contributed by atoms with Gasteiger partial charge >= 0.3 is 0 Å². The number of aliphatic hydroxyl groups excluding tert-OH is 1. The van der Waals surface area contributed by atoms with Crippen LogP contribution >= 0.6 is 0 Å². The fourth-order valence-corrected chi connectivity index (χ4v) is 1.35. The first-order valence-electron chi connectivity index (χ1n) is 8.51. The Morgan fingerprint density at radius 3 is 1.38 bits per heavy atom. The lowest BCUT2D eigenvalue weighted by Crippen LogP contribution is -2.25. The summed E-state index contributed by atoms with van der Waals surface area (Å²) >= 11 is 0. The van der Waals surface area contributed by atoms with Crippen molar-refractivity contribution < 1.29 is 33.6 Å². The van der Waals surface area contributed by atoms with Crippen molar-refractivity contribution in [1.82, 2.24) is 5.32 Å². The molecule has 8 nitrogen and oxygen atoms in total. The van der Waals surface area contributed by atoms with E-state index >= 15 is 0 Å². The lowest BCUT2D eigenvalue weighted by molar-refractivity contribution is -0.119. The standard InChI is InChI=1S/C14H29NO7.C2H6/c1-14(17)15-2-4-18-6-8-20-10-12-22-13-11-21-9-7-19-5-3-16;1-2/h16H,2-13H2,1H3,(H,15,17);1-2H3. The molecule has 0 saturated heterocycles. The van der Waals surface area contributed by atoms with Crippen LogP contribution in [0, 0.1) is 0 Å². The highest BCUT2D eigenvalue weighted by atomic mass is 16.6. The van der Waals surface area contributed by atoms with E-state index in [-0.39, 0.29) is 12.5 Å². The van der Waals surface area contributed by atoms with Crippen LogP contribution in [0.15, 0.2) is 0 Å². The predicted octanol–water partition coefficient (Wildman–Crippen LogP) is 0.224. The molecule has 0 saturated carbocycles. The van der Waals surface area contributed by atoms with E-state index in [1.807, 2.05) is 13.8 Å². The average Bonchev–Trinajstić information content (AvgIpc) is 2.59. The van der Waals surface area contributed by atoms with Crippen LogP contribution in [0.1, 0.15) is 20.8 Å². The zero-order chi connectivity index (χ0) is 18.3. The molecule has 0 aliphatic heterocycles. The van der Waals surface area contributed by atoms with E-state index in [4.69, 9.17) is 28.8 Å². The summed E-state index contributed by atoms with van der Waals surface area (Å²) in [6.07, 6.45) is 0. The SMILES string of the molecule is CC.CC(=O)NCCOCCOCCOCCOCCOCCO. The smallest absolute Gasteiger partial charge is 0.216 e. The normalized spacial score (nSPS) is 10.2. The van der Waals surface area contributed by atoms with E-state index in [9.17, 15) is 4.79 Å². The Balaban J connectivity index is 0. The van der Waals surface area contributed by atoms with E-state index in [2.05, 4.69) is 5.32 Å². The minimum Gasteiger partial charge on any atom is -0.394 e. The first kappa shape index (κ1) is 25.5. The van der Waals surface area contributed by atoms with Crippen molar-refractivity contribution in [2.24, 2.45) is 0 Å². The molecule has 0 aliphatic rings. The quantitative estimate of drug-likeness (QED) is 0.361. The summed E-state index contributed by atoms with van der Waals surface area (Å²) in [5.41, 5.74) is 0. The molecule has 0 fully saturated rings. The monoisotopic (exact) mass is 353 g/mol. The van der Waals surface area contributed by atoms with Crippen molar-refractivity contribution in [3.8, 4) is 0 Å². The molecule has 146 valence electrons. The number of aliphatic hydroxyl groups is 1. The third-order valence-electron chi connectivity index (χ3n) is 2.34. The van der Waals surface area contributed by atoms with Crippen molar-refractivity contribution >= 4 is 5.91 Å². The molecule has 1 amide bonds. The van der Waals surface area contributed by atoms with Gasteiger partial charge in [0, 0.05) is 13.5 Å². The van der Waals surface area contributed by atoms with E-state index < -0.39 is 0 Å². The van der Waals surface area contributed by atoms with Gasteiger partial charge in [0.25, 0.3) is 0 Å². The largest absolute Gasteiger partial charge is 0.394 e. The molecule has 8 heteroatoms. The molecule has 2 N–H and O–H groups in total. The Bertz CT molecular complexity index is 242. The summed E-state index contributed by atoms with van der Waals surface area (Å²) < 4.78 is 26.2. The van der Waals surface area contributed by atoms with E-state index in [1.165, 1.54) is 6.92 Å². The first-order chi connectivity index (χ1) is 11.8. The van der Waals surface area contributed by atoms with Gasteiger partial charge in [-0.2, -0.15) is 0 Å². The Kier molecular flexibility index (Phi) is 26.0. The summed E-state index contributed by atoms with van der Waals surface area (Å²) in [6.45, 7) is 10.9. The van der Waals surface area contributed by atoms with Gasteiger partial charge in [0.1, 0.15) is 0 Å². The minimum absolute atomic E-state index is 0.0312. The molecule has 0 aromatic rings. The van der Waals surface area contributed by atoms with Crippen LogP contribution in [0.25, 0.3) is 0 Å². The molecule has 0 heterocycles. The third-order valence-corrected chi connectivity index (χ3v) is 2.34. The molecule has 0 atom stereocenters. The lowest BCUT2D eigenvalue weighted by atomic mass is 10.6. The molecular weight excluding hydrogens is 318 g/mol. The van der Waals surface area contributed by atoms with Gasteiger partial charge in [-0.05, 0) is 0 Å². The topological polar surface area (TPSA) is 95.5 Å². The Labute approximate surface area is 145 Å². The van der Waals surface area contributed by atoms with Crippen molar-refractivity contribution in [3.63, 3.8) is 0 Å². The maximum absolute atomic E-state index is 10.6. The summed E-state index contributed by atoms with van der Waals surface area (Å²) in [4.78, 5) is 10.6. The molecule has 0 unspecified atom stereocenters. The van der Waals surface area contributed by atoms with Gasteiger partial charge < -0.3 is 34.1 Å². The molecule has 0 aromatic heterocycles. The van der Waals surface area contributed by atoms with Crippen LogP contribution in [0.3, 0.4) is 0 Å². The van der Waals surface area contributed by atoms with Gasteiger partial charge in [-0.25, -0.2) is 0 Å². The van der Waals surface area contributed by atoms with Crippen molar-refractivity contribution in [2.45, 2.75) is 20.8 Å². The zero-order valence-corrected chi connectivity index (χ0v) is 15.4. The Hall–Kier alpha value is -0.770. The summed E-state index contributed by atoms with van der Waals surface area (Å²) in [6, 6.07) is 0. The Morgan fingerprint density at radius 2 is 1.04 bits per heavy atom. The average molecular weight is 353 g/mol. The first-order valence-corrected chi connectivity index (χ1v) is 8.51. The van der Waals surface area contributed by atoms with Crippen molar-refractivity contribution in [3.05, 3.63) is 0 Å². The number of nitrogens with one attached hydrogen (secondary N) is 1. The van der Waals surface area contributed by atoms with E-state index in [1.54, 1.807) is 0 Å². The molecule has 0 rings (SSSR count). The fraction of sp³-hybridized carbons (Fsp3) is 0.938. The molecule has 24 heavy (non-hydrogen) atoms. The highest BCUT2D eigenvalue weighted by Crippen LogP contribution is 1.83. The maximum Gasteiger partial charge on any atom is 0.216 e.